The minimum absolute atomic E-state index is 0.502. The molecule has 8 heteroatoms. The summed E-state index contributed by atoms with van der Waals surface area (Å²) in [6.45, 7) is 2.60. The van der Waals surface area contributed by atoms with Crippen molar-refractivity contribution in [3.05, 3.63) is 114 Å². The number of ether oxygens (including phenoxy) is 1. The van der Waals surface area contributed by atoms with Crippen LogP contribution in [0.1, 0.15) is 35.7 Å². The summed E-state index contributed by atoms with van der Waals surface area (Å²) in [7, 11) is 0. The molecule has 0 saturated carbocycles. The molecule has 0 bridgehead atoms. The van der Waals surface area contributed by atoms with Crippen LogP contribution in [-0.2, 0) is 18.6 Å². The third-order valence-electron chi connectivity index (χ3n) is 5.34. The first kappa shape index (κ1) is 22.9. The first-order chi connectivity index (χ1) is 17.3. The van der Waals surface area contributed by atoms with Gasteiger partial charge in [-0.1, -0.05) is 72.4 Å². The highest BCUT2D eigenvalue weighted by Crippen LogP contribution is 2.27. The van der Waals surface area contributed by atoms with Crippen molar-refractivity contribution in [3.8, 4) is 11.4 Å². The minimum atomic E-state index is 0.502. The van der Waals surface area contributed by atoms with Crippen molar-refractivity contribution in [2.75, 3.05) is 6.61 Å². The van der Waals surface area contributed by atoms with Crippen molar-refractivity contribution in [2.45, 2.75) is 30.7 Å². The lowest BCUT2D eigenvalue weighted by atomic mass is 10.1. The van der Waals surface area contributed by atoms with Gasteiger partial charge in [-0.3, -0.25) is 4.57 Å². The second-order valence-corrected chi connectivity index (χ2v) is 8.81. The SMILES string of the molecule is CCOc1ccc(-n2c(Cc3ccccc3)nnc2SCc2nnc(Cc3ccccc3)o2)cc1. The smallest absolute Gasteiger partial charge is 0.226 e. The summed E-state index contributed by atoms with van der Waals surface area (Å²) in [4.78, 5) is 0. The number of hydrogen-bond donors (Lipinski definition) is 0. The maximum absolute atomic E-state index is 5.88. The number of rotatable bonds is 10. The van der Waals surface area contributed by atoms with Crippen molar-refractivity contribution in [3.63, 3.8) is 0 Å². The van der Waals surface area contributed by atoms with E-state index in [0.717, 1.165) is 28.0 Å². The van der Waals surface area contributed by atoms with Gasteiger partial charge in [0.2, 0.25) is 11.8 Å². The Hall–Kier alpha value is -3.91. The van der Waals surface area contributed by atoms with Gasteiger partial charge in [-0.15, -0.1) is 20.4 Å². The molecule has 0 fully saturated rings. The Bertz CT molecular complexity index is 1350. The molecule has 0 saturated heterocycles. The summed E-state index contributed by atoms with van der Waals surface area (Å²) >= 11 is 1.52. The summed E-state index contributed by atoms with van der Waals surface area (Å²) < 4.78 is 13.6. The molecule has 0 spiro atoms. The van der Waals surface area contributed by atoms with E-state index in [1.807, 2.05) is 79.7 Å². The van der Waals surface area contributed by atoms with Gasteiger partial charge >= 0.3 is 0 Å². The van der Waals surface area contributed by atoms with E-state index in [0.29, 0.717) is 37.0 Å². The lowest BCUT2D eigenvalue weighted by Crippen LogP contribution is -2.04. The molecule has 0 atom stereocenters. The molecule has 5 aromatic rings. The molecule has 7 nitrogen and oxygen atoms in total. The van der Waals surface area contributed by atoms with Crippen LogP contribution >= 0.6 is 11.8 Å². The van der Waals surface area contributed by atoms with Crippen LogP contribution in [0.2, 0.25) is 0 Å². The number of aromatic nitrogens is 5. The molecule has 0 aliphatic heterocycles. The van der Waals surface area contributed by atoms with E-state index in [1.165, 1.54) is 17.3 Å². The Morgan fingerprint density at radius 2 is 1.40 bits per heavy atom. The van der Waals surface area contributed by atoms with Crippen LogP contribution in [0.15, 0.2) is 94.5 Å². The minimum Gasteiger partial charge on any atom is -0.494 e. The number of nitrogens with zero attached hydrogens (tertiary/aromatic N) is 5. The second-order valence-electron chi connectivity index (χ2n) is 7.86. The van der Waals surface area contributed by atoms with Crippen LogP contribution in [0.4, 0.5) is 0 Å². The zero-order chi connectivity index (χ0) is 23.9. The van der Waals surface area contributed by atoms with Crippen LogP contribution < -0.4 is 4.74 Å². The van der Waals surface area contributed by atoms with Gasteiger partial charge in [0.05, 0.1) is 18.8 Å². The predicted octanol–water partition coefficient (Wildman–Crippen LogP) is 5.52. The molecular formula is C27H25N5O2S. The number of benzene rings is 3. The summed E-state index contributed by atoms with van der Waals surface area (Å²) in [5.74, 6) is 3.36. The largest absolute Gasteiger partial charge is 0.494 e. The summed E-state index contributed by atoms with van der Waals surface area (Å²) in [6, 6.07) is 28.3. The molecule has 3 aromatic carbocycles. The summed E-state index contributed by atoms with van der Waals surface area (Å²) in [5.41, 5.74) is 3.28. The topological polar surface area (TPSA) is 78.9 Å². The highest BCUT2D eigenvalue weighted by molar-refractivity contribution is 7.98. The maximum atomic E-state index is 5.88. The Morgan fingerprint density at radius 3 is 2.09 bits per heavy atom. The van der Waals surface area contributed by atoms with Crippen LogP contribution in [0.3, 0.4) is 0 Å². The Balaban J connectivity index is 1.36. The lowest BCUT2D eigenvalue weighted by Gasteiger charge is -2.11. The van der Waals surface area contributed by atoms with E-state index in [-0.39, 0.29) is 0 Å². The van der Waals surface area contributed by atoms with Crippen molar-refractivity contribution in [1.82, 2.24) is 25.0 Å². The van der Waals surface area contributed by atoms with Gasteiger partial charge in [-0.25, -0.2) is 0 Å². The zero-order valence-corrected chi connectivity index (χ0v) is 20.2. The third-order valence-corrected chi connectivity index (χ3v) is 6.26. The van der Waals surface area contributed by atoms with Gasteiger partial charge in [0.15, 0.2) is 5.16 Å². The third kappa shape index (κ3) is 5.78. The molecule has 0 aliphatic carbocycles. The zero-order valence-electron chi connectivity index (χ0n) is 19.4. The van der Waals surface area contributed by atoms with Crippen molar-refractivity contribution in [2.24, 2.45) is 0 Å². The van der Waals surface area contributed by atoms with E-state index in [1.54, 1.807) is 0 Å². The van der Waals surface area contributed by atoms with E-state index >= 15 is 0 Å². The maximum Gasteiger partial charge on any atom is 0.226 e. The summed E-state index contributed by atoms with van der Waals surface area (Å²) in [5, 5.41) is 18.2. The molecule has 0 amide bonds. The van der Waals surface area contributed by atoms with Crippen LogP contribution in [-0.4, -0.2) is 31.6 Å². The average Bonchev–Trinajstić information content (AvgIpc) is 3.51. The highest BCUT2D eigenvalue weighted by Gasteiger charge is 2.17. The molecule has 35 heavy (non-hydrogen) atoms. The summed E-state index contributed by atoms with van der Waals surface area (Å²) in [6.07, 6.45) is 1.28. The van der Waals surface area contributed by atoms with E-state index in [9.17, 15) is 0 Å². The van der Waals surface area contributed by atoms with Gasteiger partial charge in [0, 0.05) is 12.1 Å². The first-order valence-electron chi connectivity index (χ1n) is 11.5. The van der Waals surface area contributed by atoms with Gasteiger partial charge in [0.25, 0.3) is 0 Å². The number of thioether (sulfide) groups is 1. The highest BCUT2D eigenvalue weighted by atomic mass is 32.2. The fraction of sp³-hybridized carbons (Fsp3) is 0.185. The quantitative estimate of drug-likeness (QED) is 0.242. The molecule has 0 radical (unpaired) electrons. The average molecular weight is 484 g/mol. The first-order valence-corrected chi connectivity index (χ1v) is 12.5. The molecule has 2 heterocycles. The van der Waals surface area contributed by atoms with E-state index in [2.05, 4.69) is 37.1 Å². The van der Waals surface area contributed by atoms with Crippen LogP contribution in [0.25, 0.3) is 5.69 Å². The molecular weight excluding hydrogens is 458 g/mol. The Kier molecular flexibility index (Phi) is 7.19. The molecule has 0 aliphatic rings. The Labute approximate surface area is 208 Å². The number of hydrogen-bond acceptors (Lipinski definition) is 7. The van der Waals surface area contributed by atoms with Crippen molar-refractivity contribution in [1.29, 1.82) is 0 Å². The van der Waals surface area contributed by atoms with Crippen molar-refractivity contribution < 1.29 is 9.15 Å². The molecule has 176 valence electrons. The van der Waals surface area contributed by atoms with Gasteiger partial charge in [-0.05, 0) is 42.3 Å². The van der Waals surface area contributed by atoms with Crippen molar-refractivity contribution >= 4 is 11.8 Å². The predicted molar refractivity (Wildman–Crippen MR) is 135 cm³/mol. The standard InChI is InChI=1S/C27H25N5O2S/c1-2-33-23-15-13-22(14-16-23)32-24(17-20-9-5-3-6-10-20)28-31-27(32)35-19-26-30-29-25(34-26)18-21-11-7-4-8-12-21/h3-16H,2,17-19H2,1H3. The van der Waals surface area contributed by atoms with Crippen LogP contribution in [0.5, 0.6) is 5.75 Å². The Morgan fingerprint density at radius 1 is 0.743 bits per heavy atom. The lowest BCUT2D eigenvalue weighted by molar-refractivity contribution is 0.340. The van der Waals surface area contributed by atoms with E-state index < -0.39 is 0 Å². The molecule has 0 unspecified atom stereocenters. The van der Waals surface area contributed by atoms with Gasteiger partial charge < -0.3 is 9.15 Å². The van der Waals surface area contributed by atoms with Gasteiger partial charge in [-0.2, -0.15) is 0 Å². The molecule has 0 N–H and O–H groups in total. The fourth-order valence-electron chi connectivity index (χ4n) is 3.72. The van der Waals surface area contributed by atoms with Crippen LogP contribution in [0, 0.1) is 0 Å². The fourth-order valence-corrected chi connectivity index (χ4v) is 4.53. The monoisotopic (exact) mass is 483 g/mol. The molecule has 2 aromatic heterocycles. The van der Waals surface area contributed by atoms with Gasteiger partial charge in [0.1, 0.15) is 11.6 Å². The second kappa shape index (κ2) is 11.0. The normalized spacial score (nSPS) is 11.0. The molecule has 5 rings (SSSR count). The van der Waals surface area contributed by atoms with E-state index in [4.69, 9.17) is 9.15 Å².